The zero-order chi connectivity index (χ0) is 17.7. The molecule has 0 radical (unpaired) electrons. The number of nitrogens with zero attached hydrogens (tertiary/aromatic N) is 1. The van der Waals surface area contributed by atoms with Crippen molar-refractivity contribution >= 4 is 29.1 Å². The molecular weight excluding hydrogens is 328 g/mol. The Morgan fingerprint density at radius 2 is 1.83 bits per heavy atom. The van der Waals surface area contributed by atoms with Gasteiger partial charge in [-0.3, -0.25) is 9.59 Å². The standard InChI is InChI=1S/C18H19ClN2O3/c1-12(2)21(15-8-6-14(19)7-9-15)18(23)13-4-3-5-16(10-13)24-11-17(20)22/h3-10,12H,11H2,1-2H3,(H2,20,22). The van der Waals surface area contributed by atoms with Gasteiger partial charge < -0.3 is 15.4 Å². The largest absolute Gasteiger partial charge is 0.484 e. The van der Waals surface area contributed by atoms with Crippen molar-refractivity contribution < 1.29 is 14.3 Å². The Morgan fingerprint density at radius 3 is 2.42 bits per heavy atom. The van der Waals surface area contributed by atoms with Crippen LogP contribution in [0, 0.1) is 0 Å². The average Bonchev–Trinajstić information content (AvgIpc) is 2.55. The molecule has 0 aliphatic carbocycles. The summed E-state index contributed by atoms with van der Waals surface area (Å²) in [5, 5.41) is 0.608. The second kappa shape index (κ2) is 7.84. The molecule has 0 aromatic heterocycles. The molecule has 0 fully saturated rings. The normalized spacial score (nSPS) is 10.5. The van der Waals surface area contributed by atoms with Crippen molar-refractivity contribution in [2.45, 2.75) is 19.9 Å². The van der Waals surface area contributed by atoms with E-state index in [2.05, 4.69) is 0 Å². The number of nitrogens with two attached hydrogens (primary N) is 1. The van der Waals surface area contributed by atoms with Gasteiger partial charge in [-0.05, 0) is 56.3 Å². The first-order chi connectivity index (χ1) is 11.4. The molecule has 126 valence electrons. The SMILES string of the molecule is CC(C)N(C(=O)c1cccc(OCC(N)=O)c1)c1ccc(Cl)cc1. The first-order valence-corrected chi connectivity index (χ1v) is 7.86. The van der Waals surface area contributed by atoms with Crippen LogP contribution in [0.2, 0.25) is 5.02 Å². The van der Waals surface area contributed by atoms with Crippen molar-refractivity contribution in [3.8, 4) is 5.75 Å². The molecule has 24 heavy (non-hydrogen) atoms. The van der Waals surface area contributed by atoms with Crippen LogP contribution in [0.15, 0.2) is 48.5 Å². The molecule has 0 spiro atoms. The van der Waals surface area contributed by atoms with Gasteiger partial charge >= 0.3 is 0 Å². The topological polar surface area (TPSA) is 72.6 Å². The van der Waals surface area contributed by atoms with E-state index in [-0.39, 0.29) is 18.6 Å². The molecule has 0 bridgehead atoms. The van der Waals surface area contributed by atoms with Gasteiger partial charge in [-0.2, -0.15) is 0 Å². The number of rotatable bonds is 6. The number of hydrogen-bond donors (Lipinski definition) is 1. The van der Waals surface area contributed by atoms with Crippen molar-refractivity contribution in [3.63, 3.8) is 0 Å². The first-order valence-electron chi connectivity index (χ1n) is 7.49. The predicted octanol–water partition coefficient (Wildman–Crippen LogP) is 3.26. The maximum atomic E-state index is 12.9. The van der Waals surface area contributed by atoms with Gasteiger partial charge in [-0.25, -0.2) is 0 Å². The van der Waals surface area contributed by atoms with Gasteiger partial charge in [-0.1, -0.05) is 17.7 Å². The lowest BCUT2D eigenvalue weighted by Gasteiger charge is -2.27. The maximum absolute atomic E-state index is 12.9. The summed E-state index contributed by atoms with van der Waals surface area (Å²) >= 11 is 5.92. The Kier molecular flexibility index (Phi) is 5.82. The average molecular weight is 347 g/mol. The summed E-state index contributed by atoms with van der Waals surface area (Å²) in [6.07, 6.45) is 0. The van der Waals surface area contributed by atoms with E-state index in [4.69, 9.17) is 22.1 Å². The zero-order valence-corrected chi connectivity index (χ0v) is 14.3. The lowest BCUT2D eigenvalue weighted by Crippen LogP contribution is -2.37. The number of anilines is 1. The predicted molar refractivity (Wildman–Crippen MR) is 94.5 cm³/mol. The van der Waals surface area contributed by atoms with Gasteiger partial charge in [0.1, 0.15) is 5.75 Å². The van der Waals surface area contributed by atoms with Crippen molar-refractivity contribution in [2.75, 3.05) is 11.5 Å². The Bertz CT molecular complexity index is 729. The fourth-order valence-corrected chi connectivity index (χ4v) is 2.39. The molecule has 0 saturated heterocycles. The van der Waals surface area contributed by atoms with Crippen LogP contribution in [0.4, 0.5) is 5.69 Å². The molecule has 2 N–H and O–H groups in total. The van der Waals surface area contributed by atoms with Crippen LogP contribution in [0.25, 0.3) is 0 Å². The van der Waals surface area contributed by atoms with E-state index in [1.54, 1.807) is 53.4 Å². The molecule has 2 amide bonds. The third kappa shape index (κ3) is 4.49. The molecule has 6 heteroatoms. The summed E-state index contributed by atoms with van der Waals surface area (Å²) < 4.78 is 5.26. The molecule has 0 unspecified atom stereocenters. The zero-order valence-electron chi connectivity index (χ0n) is 13.5. The first kappa shape index (κ1) is 17.8. The van der Waals surface area contributed by atoms with Gasteiger partial charge in [0.15, 0.2) is 6.61 Å². The van der Waals surface area contributed by atoms with Gasteiger partial charge in [-0.15, -0.1) is 0 Å². The van der Waals surface area contributed by atoms with Crippen LogP contribution in [-0.2, 0) is 4.79 Å². The molecule has 0 aliphatic rings. The van der Waals surface area contributed by atoms with Crippen molar-refractivity contribution in [3.05, 3.63) is 59.1 Å². The molecule has 0 heterocycles. The Labute approximate surface area is 146 Å². The lowest BCUT2D eigenvalue weighted by atomic mass is 10.1. The summed E-state index contributed by atoms with van der Waals surface area (Å²) in [7, 11) is 0. The summed E-state index contributed by atoms with van der Waals surface area (Å²) in [4.78, 5) is 25.4. The number of primary amides is 1. The van der Waals surface area contributed by atoms with Gasteiger partial charge in [0.05, 0.1) is 0 Å². The van der Waals surface area contributed by atoms with Gasteiger partial charge in [0.2, 0.25) is 0 Å². The lowest BCUT2D eigenvalue weighted by molar-refractivity contribution is -0.119. The third-order valence-corrected chi connectivity index (χ3v) is 3.55. The number of amides is 2. The fraction of sp³-hybridized carbons (Fsp3) is 0.222. The minimum atomic E-state index is -0.572. The molecular formula is C18H19ClN2O3. The van der Waals surface area contributed by atoms with Gasteiger partial charge in [0.25, 0.3) is 11.8 Å². The number of carbonyl (C=O) groups excluding carboxylic acids is 2. The van der Waals surface area contributed by atoms with Crippen LogP contribution < -0.4 is 15.4 Å². The highest BCUT2D eigenvalue weighted by Gasteiger charge is 2.21. The van der Waals surface area contributed by atoms with Crippen LogP contribution in [0.1, 0.15) is 24.2 Å². The van der Waals surface area contributed by atoms with Crippen LogP contribution >= 0.6 is 11.6 Å². The monoisotopic (exact) mass is 346 g/mol. The summed E-state index contributed by atoms with van der Waals surface area (Å²) in [5.74, 6) is -0.326. The molecule has 2 aromatic rings. The summed E-state index contributed by atoms with van der Waals surface area (Å²) in [5.41, 5.74) is 6.28. The minimum absolute atomic E-state index is 0.0473. The van der Waals surface area contributed by atoms with Crippen LogP contribution in [-0.4, -0.2) is 24.5 Å². The molecule has 0 atom stereocenters. The number of ether oxygens (including phenoxy) is 1. The highest BCUT2D eigenvalue weighted by Crippen LogP contribution is 2.23. The van der Waals surface area contributed by atoms with E-state index in [0.717, 1.165) is 5.69 Å². The molecule has 2 aromatic carbocycles. The summed E-state index contributed by atoms with van der Waals surface area (Å²) in [6, 6.07) is 13.7. The molecule has 0 saturated carbocycles. The highest BCUT2D eigenvalue weighted by molar-refractivity contribution is 6.30. The molecule has 2 rings (SSSR count). The van der Waals surface area contributed by atoms with E-state index >= 15 is 0 Å². The molecule has 0 aliphatic heterocycles. The summed E-state index contributed by atoms with van der Waals surface area (Å²) in [6.45, 7) is 3.63. The van der Waals surface area contributed by atoms with Crippen LogP contribution in [0.5, 0.6) is 5.75 Å². The van der Waals surface area contributed by atoms with E-state index < -0.39 is 5.91 Å². The third-order valence-electron chi connectivity index (χ3n) is 3.30. The fourth-order valence-electron chi connectivity index (χ4n) is 2.26. The molecule has 5 nitrogen and oxygen atoms in total. The van der Waals surface area contributed by atoms with Crippen molar-refractivity contribution in [1.82, 2.24) is 0 Å². The number of halogens is 1. The number of benzene rings is 2. The second-order valence-electron chi connectivity index (χ2n) is 5.53. The van der Waals surface area contributed by atoms with Crippen molar-refractivity contribution in [2.24, 2.45) is 5.73 Å². The van der Waals surface area contributed by atoms with E-state index in [1.807, 2.05) is 13.8 Å². The highest BCUT2D eigenvalue weighted by atomic mass is 35.5. The second-order valence-corrected chi connectivity index (χ2v) is 5.96. The number of hydrogen-bond acceptors (Lipinski definition) is 3. The van der Waals surface area contributed by atoms with E-state index in [0.29, 0.717) is 16.3 Å². The minimum Gasteiger partial charge on any atom is -0.484 e. The number of carbonyl (C=O) groups is 2. The smallest absolute Gasteiger partial charge is 0.258 e. The Hall–Kier alpha value is -2.53. The maximum Gasteiger partial charge on any atom is 0.258 e. The van der Waals surface area contributed by atoms with E-state index in [9.17, 15) is 9.59 Å². The Morgan fingerprint density at radius 1 is 1.17 bits per heavy atom. The Balaban J connectivity index is 2.28. The van der Waals surface area contributed by atoms with E-state index in [1.165, 1.54) is 0 Å². The quantitative estimate of drug-likeness (QED) is 0.872. The van der Waals surface area contributed by atoms with Crippen molar-refractivity contribution in [1.29, 1.82) is 0 Å². The van der Waals surface area contributed by atoms with Gasteiger partial charge in [0, 0.05) is 22.3 Å². The van der Waals surface area contributed by atoms with Crippen LogP contribution in [0.3, 0.4) is 0 Å².